The molecule has 1 aromatic rings. The first-order chi connectivity index (χ1) is 9.48. The van der Waals surface area contributed by atoms with E-state index in [0.29, 0.717) is 18.1 Å². The van der Waals surface area contributed by atoms with Crippen molar-refractivity contribution in [3.8, 4) is 0 Å². The highest BCUT2D eigenvalue weighted by molar-refractivity contribution is 5.92. The summed E-state index contributed by atoms with van der Waals surface area (Å²) >= 11 is 0. The number of aromatic nitrogens is 2. The molecule has 4 N–H and O–H groups in total. The number of nitrogens with two attached hydrogens (primary N) is 1. The molecule has 20 heavy (non-hydrogen) atoms. The molecular weight excluding hydrogens is 254 g/mol. The van der Waals surface area contributed by atoms with Gasteiger partial charge in [-0.2, -0.15) is 0 Å². The maximum Gasteiger partial charge on any atom is 0.271 e. The number of amides is 1. The Kier molecular flexibility index (Phi) is 6.38. The van der Waals surface area contributed by atoms with Crippen LogP contribution in [0.1, 0.15) is 56.9 Å². The second kappa shape index (κ2) is 7.79. The number of carbonyl (C=O) groups is 1. The average molecular weight is 279 g/mol. The number of hydrogen-bond acceptors (Lipinski definition) is 5. The first-order valence-electron chi connectivity index (χ1n) is 7.05. The van der Waals surface area contributed by atoms with E-state index in [1.54, 1.807) is 0 Å². The summed E-state index contributed by atoms with van der Waals surface area (Å²) in [5.74, 6) is 5.42. The number of nitrogen functional groups attached to an aromatic ring is 1. The summed E-state index contributed by atoms with van der Waals surface area (Å²) in [5, 5.41) is 2.91. The molecule has 0 saturated carbocycles. The molecule has 1 aromatic heterocycles. The van der Waals surface area contributed by atoms with Crippen LogP contribution in [0.2, 0.25) is 0 Å². The Morgan fingerprint density at radius 1 is 1.30 bits per heavy atom. The molecule has 0 aliphatic carbocycles. The monoisotopic (exact) mass is 279 g/mol. The molecular formula is C14H25N5O. The Labute approximate surface area is 120 Å². The maximum atomic E-state index is 12.0. The number of carbonyl (C=O) groups excluding carboxylic acids is 1. The largest absolute Gasteiger partial charge is 0.350 e. The molecule has 1 amide bonds. The minimum Gasteiger partial charge on any atom is -0.350 e. The Balaban J connectivity index is 2.45. The molecule has 0 bridgehead atoms. The minimum atomic E-state index is -0.204. The summed E-state index contributed by atoms with van der Waals surface area (Å²) < 4.78 is 0. The van der Waals surface area contributed by atoms with Crippen LogP contribution in [0.3, 0.4) is 0 Å². The first-order valence-corrected chi connectivity index (χ1v) is 7.05. The fourth-order valence-corrected chi connectivity index (χ4v) is 1.87. The van der Waals surface area contributed by atoms with Crippen LogP contribution in [0, 0.1) is 5.41 Å². The number of unbranched alkanes of at least 4 members (excludes halogenated alkanes) is 2. The van der Waals surface area contributed by atoms with Gasteiger partial charge < -0.3 is 10.7 Å². The van der Waals surface area contributed by atoms with Crippen LogP contribution in [-0.2, 0) is 0 Å². The molecule has 0 fully saturated rings. The number of anilines is 1. The van der Waals surface area contributed by atoms with Gasteiger partial charge in [0.05, 0.1) is 12.4 Å². The Morgan fingerprint density at radius 2 is 2.05 bits per heavy atom. The van der Waals surface area contributed by atoms with Crippen LogP contribution in [0.5, 0.6) is 0 Å². The molecule has 1 heterocycles. The molecule has 6 nitrogen and oxygen atoms in total. The first kappa shape index (κ1) is 16.4. The van der Waals surface area contributed by atoms with E-state index >= 15 is 0 Å². The van der Waals surface area contributed by atoms with Crippen molar-refractivity contribution in [2.45, 2.75) is 46.5 Å². The van der Waals surface area contributed by atoms with Gasteiger partial charge in [0.2, 0.25) is 0 Å². The van der Waals surface area contributed by atoms with E-state index in [1.807, 2.05) is 0 Å². The van der Waals surface area contributed by atoms with Crippen molar-refractivity contribution in [2.75, 3.05) is 12.0 Å². The van der Waals surface area contributed by atoms with Crippen LogP contribution in [-0.4, -0.2) is 22.4 Å². The molecule has 0 spiro atoms. The van der Waals surface area contributed by atoms with Gasteiger partial charge in [-0.05, 0) is 11.8 Å². The van der Waals surface area contributed by atoms with E-state index in [0.717, 1.165) is 6.42 Å². The van der Waals surface area contributed by atoms with Gasteiger partial charge in [0.15, 0.2) is 5.82 Å². The van der Waals surface area contributed by atoms with Crippen molar-refractivity contribution in [3.63, 3.8) is 0 Å². The Bertz CT molecular complexity index is 416. The van der Waals surface area contributed by atoms with Crippen molar-refractivity contribution in [2.24, 2.45) is 11.3 Å². The molecule has 6 heteroatoms. The van der Waals surface area contributed by atoms with Crippen molar-refractivity contribution in [1.82, 2.24) is 15.3 Å². The second-order valence-electron chi connectivity index (χ2n) is 5.74. The molecule has 0 radical (unpaired) electrons. The summed E-state index contributed by atoms with van der Waals surface area (Å²) in [6, 6.07) is 0. The third-order valence-corrected chi connectivity index (χ3v) is 3.22. The highest BCUT2D eigenvalue weighted by Crippen LogP contribution is 2.22. The van der Waals surface area contributed by atoms with Crippen molar-refractivity contribution in [3.05, 3.63) is 18.1 Å². The standard InChI is InChI=1S/C14H25N5O/c1-4-5-6-7-14(2,3)10-18-13(20)11-8-17-12(19-15)9-16-11/h8-9H,4-7,10,15H2,1-3H3,(H,17,19)(H,18,20). The number of hydrogen-bond donors (Lipinski definition) is 3. The highest BCUT2D eigenvalue weighted by atomic mass is 16.1. The maximum absolute atomic E-state index is 12.0. The van der Waals surface area contributed by atoms with E-state index in [4.69, 9.17) is 5.84 Å². The Hall–Kier alpha value is -1.69. The minimum absolute atomic E-state index is 0.0943. The fourth-order valence-electron chi connectivity index (χ4n) is 1.87. The normalized spacial score (nSPS) is 11.2. The van der Waals surface area contributed by atoms with E-state index < -0.39 is 0 Å². The summed E-state index contributed by atoms with van der Waals surface area (Å²) in [7, 11) is 0. The van der Waals surface area contributed by atoms with E-state index in [9.17, 15) is 4.79 Å². The SMILES string of the molecule is CCCCCC(C)(C)CNC(=O)c1cnc(NN)cn1. The molecule has 0 aliphatic rings. The smallest absolute Gasteiger partial charge is 0.271 e. The summed E-state index contributed by atoms with van der Waals surface area (Å²) in [6.07, 6.45) is 7.57. The van der Waals surface area contributed by atoms with Gasteiger partial charge in [-0.3, -0.25) is 4.79 Å². The zero-order valence-corrected chi connectivity index (χ0v) is 12.6. The van der Waals surface area contributed by atoms with E-state index in [-0.39, 0.29) is 11.3 Å². The summed E-state index contributed by atoms with van der Waals surface area (Å²) in [4.78, 5) is 19.9. The average Bonchev–Trinajstić information content (AvgIpc) is 2.45. The number of nitrogens with zero attached hydrogens (tertiary/aromatic N) is 2. The second-order valence-corrected chi connectivity index (χ2v) is 5.74. The summed E-state index contributed by atoms with van der Waals surface area (Å²) in [6.45, 7) is 7.15. The summed E-state index contributed by atoms with van der Waals surface area (Å²) in [5.41, 5.74) is 2.77. The number of hydrazine groups is 1. The van der Waals surface area contributed by atoms with Gasteiger partial charge in [-0.1, -0.05) is 40.0 Å². The van der Waals surface area contributed by atoms with Gasteiger partial charge in [0.1, 0.15) is 5.69 Å². The van der Waals surface area contributed by atoms with Crippen LogP contribution in [0.4, 0.5) is 5.82 Å². The molecule has 0 atom stereocenters. The van der Waals surface area contributed by atoms with Crippen LogP contribution in [0.25, 0.3) is 0 Å². The third-order valence-electron chi connectivity index (χ3n) is 3.22. The van der Waals surface area contributed by atoms with Crippen molar-refractivity contribution < 1.29 is 4.79 Å². The fraction of sp³-hybridized carbons (Fsp3) is 0.643. The Morgan fingerprint density at radius 3 is 2.60 bits per heavy atom. The zero-order chi connectivity index (χ0) is 15.0. The lowest BCUT2D eigenvalue weighted by molar-refractivity contribution is 0.0928. The molecule has 0 saturated heterocycles. The van der Waals surface area contributed by atoms with Crippen LogP contribution in [0.15, 0.2) is 12.4 Å². The third kappa shape index (κ3) is 5.52. The van der Waals surface area contributed by atoms with Crippen LogP contribution >= 0.6 is 0 Å². The quantitative estimate of drug-likeness (QED) is 0.385. The molecule has 0 aromatic carbocycles. The molecule has 1 rings (SSSR count). The highest BCUT2D eigenvalue weighted by Gasteiger charge is 2.19. The van der Waals surface area contributed by atoms with Gasteiger partial charge in [0, 0.05) is 6.54 Å². The predicted octanol–water partition coefficient (Wildman–Crippen LogP) is 2.10. The lowest BCUT2D eigenvalue weighted by Crippen LogP contribution is -2.34. The van der Waals surface area contributed by atoms with Gasteiger partial charge in [-0.15, -0.1) is 0 Å². The lowest BCUT2D eigenvalue weighted by atomic mass is 9.87. The molecule has 0 unspecified atom stereocenters. The number of rotatable bonds is 8. The van der Waals surface area contributed by atoms with E-state index in [2.05, 4.69) is 41.5 Å². The molecule has 112 valence electrons. The van der Waals surface area contributed by atoms with Gasteiger partial charge >= 0.3 is 0 Å². The van der Waals surface area contributed by atoms with Gasteiger partial charge in [-0.25, -0.2) is 15.8 Å². The predicted molar refractivity (Wildman–Crippen MR) is 80.1 cm³/mol. The van der Waals surface area contributed by atoms with E-state index in [1.165, 1.54) is 31.7 Å². The molecule has 0 aliphatic heterocycles. The lowest BCUT2D eigenvalue weighted by Gasteiger charge is -2.24. The van der Waals surface area contributed by atoms with Crippen LogP contribution < -0.4 is 16.6 Å². The zero-order valence-electron chi connectivity index (χ0n) is 12.6. The van der Waals surface area contributed by atoms with Crippen molar-refractivity contribution in [1.29, 1.82) is 0 Å². The topological polar surface area (TPSA) is 92.9 Å². The van der Waals surface area contributed by atoms with Crippen molar-refractivity contribution >= 4 is 11.7 Å². The van der Waals surface area contributed by atoms with Gasteiger partial charge in [0.25, 0.3) is 5.91 Å². The number of nitrogens with one attached hydrogen (secondary N) is 2.